The van der Waals surface area contributed by atoms with Crippen molar-refractivity contribution in [2.75, 3.05) is 13.1 Å². The van der Waals surface area contributed by atoms with Gasteiger partial charge in [-0.3, -0.25) is 4.79 Å². The highest BCUT2D eigenvalue weighted by atomic mass is 16.4. The first-order valence-electron chi connectivity index (χ1n) is 15.9. The highest BCUT2D eigenvalue weighted by Gasteiger charge is 2.44. The van der Waals surface area contributed by atoms with Crippen LogP contribution in [0.1, 0.15) is 122 Å². The number of rotatable bonds is 23. The van der Waals surface area contributed by atoms with Crippen LogP contribution in [-0.4, -0.2) is 62.3 Å². The van der Waals surface area contributed by atoms with Gasteiger partial charge in [-0.05, 0) is 87.9 Å². The van der Waals surface area contributed by atoms with E-state index in [1.54, 1.807) is 0 Å². The summed E-state index contributed by atoms with van der Waals surface area (Å²) >= 11 is 0. The molecule has 39 heavy (non-hydrogen) atoms. The minimum Gasteiger partial charge on any atom is -0.481 e. The lowest BCUT2D eigenvalue weighted by molar-refractivity contribution is -0.146. The zero-order chi connectivity index (χ0) is 28.5. The van der Waals surface area contributed by atoms with Gasteiger partial charge in [0.1, 0.15) is 0 Å². The number of aromatic nitrogens is 1. The van der Waals surface area contributed by atoms with Crippen molar-refractivity contribution in [2.24, 2.45) is 17.8 Å². The first-order chi connectivity index (χ1) is 18.8. The predicted octanol–water partition coefficient (Wildman–Crippen LogP) is 5.83. The van der Waals surface area contributed by atoms with Crippen molar-refractivity contribution in [3.05, 3.63) is 24.0 Å². The summed E-state index contributed by atoms with van der Waals surface area (Å²) in [5.41, 5.74) is 0.385. The van der Waals surface area contributed by atoms with E-state index in [0.717, 1.165) is 64.5 Å². The molecule has 0 aliphatic heterocycles. The molecule has 7 nitrogen and oxygen atoms in total. The molecule has 1 aromatic heterocycles. The maximum atomic E-state index is 11.9. The fourth-order valence-corrected chi connectivity index (χ4v) is 6.52. The summed E-state index contributed by atoms with van der Waals surface area (Å²) in [5.74, 6) is -1.03. The van der Waals surface area contributed by atoms with E-state index in [9.17, 15) is 25.2 Å². The number of carboxylic acid groups (broad SMARTS) is 1. The second kappa shape index (κ2) is 18.8. The maximum Gasteiger partial charge on any atom is 0.309 e. The lowest BCUT2D eigenvalue weighted by atomic mass is 9.87. The third kappa shape index (κ3) is 13.2. The number of H-pyrrole nitrogens is 1. The van der Waals surface area contributed by atoms with E-state index in [1.807, 2.05) is 12.4 Å². The van der Waals surface area contributed by atoms with Crippen molar-refractivity contribution in [1.29, 1.82) is 0 Å². The Bertz CT molecular complexity index is 758. The van der Waals surface area contributed by atoms with Crippen molar-refractivity contribution in [3.63, 3.8) is 0 Å². The molecule has 1 aromatic rings. The fraction of sp³-hybridized carbons (Fsp3) is 0.844. The highest BCUT2D eigenvalue weighted by molar-refractivity contribution is 5.70. The van der Waals surface area contributed by atoms with Gasteiger partial charge in [0.05, 0.1) is 23.7 Å². The molecule has 0 saturated heterocycles. The average molecular weight is 551 g/mol. The lowest BCUT2D eigenvalue weighted by Crippen LogP contribution is -2.33. The first kappa shape index (κ1) is 33.8. The van der Waals surface area contributed by atoms with Crippen molar-refractivity contribution in [2.45, 2.75) is 141 Å². The molecule has 0 aromatic carbocycles. The third-order valence-electron chi connectivity index (χ3n) is 8.90. The van der Waals surface area contributed by atoms with Crippen LogP contribution in [0.2, 0.25) is 0 Å². The molecule has 1 fully saturated rings. The van der Waals surface area contributed by atoms with E-state index in [2.05, 4.69) is 30.2 Å². The topological polar surface area (TPSA) is 126 Å². The Morgan fingerprint density at radius 3 is 2.21 bits per heavy atom. The van der Waals surface area contributed by atoms with Crippen LogP contribution in [0.3, 0.4) is 0 Å². The molecular weight excluding hydrogens is 492 g/mol. The van der Waals surface area contributed by atoms with Gasteiger partial charge in [-0.15, -0.1) is 0 Å². The number of aliphatic hydroxyl groups is 3. The van der Waals surface area contributed by atoms with E-state index in [-0.39, 0.29) is 6.10 Å². The van der Waals surface area contributed by atoms with Crippen molar-refractivity contribution in [3.8, 4) is 0 Å². The second-order valence-corrected chi connectivity index (χ2v) is 12.3. The summed E-state index contributed by atoms with van der Waals surface area (Å²) < 4.78 is 0. The van der Waals surface area contributed by atoms with Gasteiger partial charge in [0.15, 0.2) is 0 Å². The summed E-state index contributed by atoms with van der Waals surface area (Å²) in [4.78, 5) is 15.0. The Morgan fingerprint density at radius 2 is 1.62 bits per heavy atom. The Morgan fingerprint density at radius 1 is 0.974 bits per heavy atom. The fourth-order valence-electron chi connectivity index (χ4n) is 6.52. The largest absolute Gasteiger partial charge is 0.481 e. The van der Waals surface area contributed by atoms with Crippen LogP contribution in [0, 0.1) is 17.8 Å². The third-order valence-corrected chi connectivity index (χ3v) is 8.90. The summed E-state index contributed by atoms with van der Waals surface area (Å²) in [6.07, 6.45) is 17.6. The highest BCUT2D eigenvalue weighted by Crippen LogP contribution is 2.44. The molecule has 1 heterocycles. The Kier molecular flexibility index (Phi) is 16.3. The van der Waals surface area contributed by atoms with Crippen LogP contribution < -0.4 is 5.32 Å². The van der Waals surface area contributed by atoms with Crippen LogP contribution in [0.25, 0.3) is 0 Å². The number of aliphatic carboxylic acids is 1. The number of unbranched alkanes of at least 4 members (excludes halogenated alkanes) is 7. The molecule has 0 unspecified atom stereocenters. The minimum atomic E-state index is -0.949. The quantitative estimate of drug-likeness (QED) is 0.0953. The lowest BCUT2D eigenvalue weighted by Gasteiger charge is -2.26. The minimum absolute atomic E-state index is 0.221. The number of carboxylic acids is 1. The molecule has 2 rings (SSSR count). The van der Waals surface area contributed by atoms with Crippen LogP contribution in [0.4, 0.5) is 0 Å². The van der Waals surface area contributed by atoms with Gasteiger partial charge in [0.2, 0.25) is 0 Å². The monoisotopic (exact) mass is 550 g/mol. The summed E-state index contributed by atoms with van der Waals surface area (Å²) in [6.45, 7) is 6.05. The van der Waals surface area contributed by atoms with Gasteiger partial charge in [-0.1, -0.05) is 71.6 Å². The van der Waals surface area contributed by atoms with Gasteiger partial charge < -0.3 is 30.7 Å². The van der Waals surface area contributed by atoms with Crippen LogP contribution in [0.5, 0.6) is 0 Å². The molecule has 0 bridgehead atoms. The standard InChI is InChI=1S/C32H58N2O5/c1-3-5-6-7-10-13-28(35)14-11-8-9-12-15-29(31(37)38)30(36)16-18-32(39)21-26(20-25-17-19-34-23-25)27(22-32)24-33-4-2/h17,19,23,26-30,33-36,39H,3-16,18,20-22,24H2,1-2H3,(H,37,38)/t26-,27+,28+,29+,30-,32+/m1/s1. The molecule has 226 valence electrons. The zero-order valence-electron chi connectivity index (χ0n) is 24.8. The van der Waals surface area contributed by atoms with Crippen molar-refractivity contribution in [1.82, 2.24) is 10.3 Å². The zero-order valence-corrected chi connectivity index (χ0v) is 24.8. The summed E-state index contributed by atoms with van der Waals surface area (Å²) in [7, 11) is 0. The van der Waals surface area contributed by atoms with Crippen molar-refractivity contribution >= 4 is 5.97 Å². The van der Waals surface area contributed by atoms with E-state index in [4.69, 9.17) is 0 Å². The van der Waals surface area contributed by atoms with E-state index in [1.165, 1.54) is 31.2 Å². The van der Waals surface area contributed by atoms with Gasteiger partial charge in [-0.25, -0.2) is 0 Å². The van der Waals surface area contributed by atoms with Crippen LogP contribution in [-0.2, 0) is 11.2 Å². The SMILES string of the molecule is CCCCCCC[C@H](O)CCCCCC[C@H](C(=O)O)[C@H](O)CC[C@@]1(O)C[C@@H](CNCC)[C@H](Cc2cc[nH]c2)C1. The first-order valence-corrected chi connectivity index (χ1v) is 15.9. The molecule has 0 spiro atoms. The maximum absolute atomic E-state index is 11.9. The number of aliphatic hydroxyl groups excluding tert-OH is 2. The predicted molar refractivity (Wildman–Crippen MR) is 158 cm³/mol. The van der Waals surface area contributed by atoms with Gasteiger partial charge >= 0.3 is 5.97 Å². The van der Waals surface area contributed by atoms with Gasteiger partial charge in [-0.2, -0.15) is 0 Å². The molecule has 1 saturated carbocycles. The molecule has 0 radical (unpaired) electrons. The van der Waals surface area contributed by atoms with E-state index in [0.29, 0.717) is 43.9 Å². The second-order valence-electron chi connectivity index (χ2n) is 12.3. The average Bonchev–Trinajstić information content (AvgIpc) is 3.53. The molecule has 6 N–H and O–H groups in total. The number of hydrogen-bond donors (Lipinski definition) is 6. The van der Waals surface area contributed by atoms with E-state index >= 15 is 0 Å². The van der Waals surface area contributed by atoms with Crippen LogP contribution in [0.15, 0.2) is 18.5 Å². The number of nitrogens with one attached hydrogen (secondary N) is 2. The molecular formula is C32H58N2O5. The molecule has 6 atom stereocenters. The molecule has 0 amide bonds. The van der Waals surface area contributed by atoms with Gasteiger partial charge in [0, 0.05) is 12.4 Å². The Hall–Kier alpha value is -1.41. The Balaban J connectivity index is 1.70. The summed E-state index contributed by atoms with van der Waals surface area (Å²) in [5, 5.41) is 45.6. The Labute approximate surface area is 237 Å². The smallest absolute Gasteiger partial charge is 0.309 e. The van der Waals surface area contributed by atoms with Crippen molar-refractivity contribution < 1.29 is 25.2 Å². The van der Waals surface area contributed by atoms with Crippen LogP contribution >= 0.6 is 0 Å². The van der Waals surface area contributed by atoms with E-state index < -0.39 is 23.6 Å². The number of hydrogen-bond acceptors (Lipinski definition) is 5. The normalized spacial score (nSPS) is 23.6. The summed E-state index contributed by atoms with van der Waals surface area (Å²) in [6, 6.07) is 2.08. The number of carbonyl (C=O) groups is 1. The number of aromatic amines is 1. The molecule has 1 aliphatic carbocycles. The molecule has 7 heteroatoms. The molecule has 1 aliphatic rings. The van der Waals surface area contributed by atoms with Gasteiger partial charge in [0.25, 0.3) is 0 Å².